The molecule has 3 aromatic heterocycles. The summed E-state index contributed by atoms with van der Waals surface area (Å²) in [5.74, 6) is 1.51. The van der Waals surface area contributed by atoms with Crippen molar-refractivity contribution in [2.75, 3.05) is 18.0 Å². The molecule has 0 bridgehead atoms. The molecule has 1 aliphatic rings. The molecule has 4 rings (SSSR count). The van der Waals surface area contributed by atoms with Gasteiger partial charge >= 0.3 is 0 Å². The van der Waals surface area contributed by atoms with Crippen LogP contribution in [0.15, 0.2) is 12.4 Å². The molecule has 1 atom stereocenters. The van der Waals surface area contributed by atoms with Crippen LogP contribution >= 0.6 is 0 Å². The molecule has 9 nitrogen and oxygen atoms in total. The lowest BCUT2D eigenvalue weighted by molar-refractivity contribution is 0.0175. The number of fused-ring (bicyclic) bond motifs is 1. The van der Waals surface area contributed by atoms with Crippen molar-refractivity contribution in [1.29, 1.82) is 0 Å². The Balaban J connectivity index is 1.70. The highest BCUT2D eigenvalue weighted by molar-refractivity contribution is 5.87. The summed E-state index contributed by atoms with van der Waals surface area (Å²) in [6, 6.07) is 0.207. The molecule has 1 aliphatic heterocycles. The average molecular weight is 356 g/mol. The summed E-state index contributed by atoms with van der Waals surface area (Å²) in [4.78, 5) is 11.2. The molecule has 0 spiro atoms. The number of aromatic nitrogens is 7. The summed E-state index contributed by atoms with van der Waals surface area (Å²) in [5, 5.41) is 24.9. The fraction of sp³-hybridized carbons (Fsp3) is 0.588. The Morgan fingerprint density at radius 3 is 2.81 bits per heavy atom. The van der Waals surface area contributed by atoms with Crippen molar-refractivity contribution in [3.05, 3.63) is 23.9 Å². The molecule has 1 saturated heterocycles. The lowest BCUT2D eigenvalue weighted by atomic mass is 9.90. The van der Waals surface area contributed by atoms with Crippen molar-refractivity contribution in [2.45, 2.75) is 45.3 Å². The Bertz CT molecular complexity index is 946. The number of anilines is 1. The zero-order chi connectivity index (χ0) is 18.5. The Morgan fingerprint density at radius 1 is 1.27 bits per heavy atom. The second-order valence-electron chi connectivity index (χ2n) is 7.33. The van der Waals surface area contributed by atoms with Crippen LogP contribution in [0.2, 0.25) is 0 Å². The number of nitrogens with zero attached hydrogens (tertiary/aromatic N) is 8. The predicted molar refractivity (Wildman–Crippen MR) is 96.8 cm³/mol. The molecule has 4 heterocycles. The normalized spacial score (nSPS) is 21.1. The number of hydrogen-bond donors (Lipinski definition) is 1. The van der Waals surface area contributed by atoms with Gasteiger partial charge in [0, 0.05) is 19.6 Å². The summed E-state index contributed by atoms with van der Waals surface area (Å²) in [6.07, 6.45) is 5.13. The summed E-state index contributed by atoms with van der Waals surface area (Å²) < 4.78 is 3.53. The molecule has 0 aromatic carbocycles. The minimum atomic E-state index is -1.04. The minimum absolute atomic E-state index is 0.207. The minimum Gasteiger partial charge on any atom is -0.382 e. The smallest absolute Gasteiger partial charge is 0.163 e. The highest BCUT2D eigenvalue weighted by Gasteiger charge is 2.38. The van der Waals surface area contributed by atoms with E-state index in [1.807, 2.05) is 34.0 Å². The third-order valence-corrected chi connectivity index (χ3v) is 4.97. The predicted octanol–water partition coefficient (Wildman–Crippen LogP) is 1.33. The van der Waals surface area contributed by atoms with Crippen LogP contribution in [0.5, 0.6) is 0 Å². The van der Waals surface area contributed by atoms with Crippen LogP contribution < -0.4 is 4.90 Å². The number of piperidine rings is 1. The monoisotopic (exact) mass is 356 g/mol. The van der Waals surface area contributed by atoms with Crippen LogP contribution in [0, 0.1) is 6.92 Å². The Kier molecular flexibility index (Phi) is 3.91. The van der Waals surface area contributed by atoms with Gasteiger partial charge in [-0.3, -0.25) is 4.68 Å². The van der Waals surface area contributed by atoms with Gasteiger partial charge in [-0.05, 0) is 33.6 Å². The first-order chi connectivity index (χ1) is 12.4. The fourth-order valence-corrected chi connectivity index (χ4v) is 3.52. The van der Waals surface area contributed by atoms with Gasteiger partial charge < -0.3 is 10.0 Å². The Morgan fingerprint density at radius 2 is 2.08 bits per heavy atom. The van der Waals surface area contributed by atoms with Gasteiger partial charge in [0.1, 0.15) is 22.9 Å². The van der Waals surface area contributed by atoms with E-state index in [9.17, 15) is 5.11 Å². The molecule has 0 amide bonds. The fourth-order valence-electron chi connectivity index (χ4n) is 3.52. The van der Waals surface area contributed by atoms with E-state index in [1.165, 1.54) is 0 Å². The van der Waals surface area contributed by atoms with E-state index >= 15 is 0 Å². The molecule has 1 fully saturated rings. The van der Waals surface area contributed by atoms with Crippen molar-refractivity contribution in [3.63, 3.8) is 0 Å². The van der Waals surface area contributed by atoms with E-state index in [0.717, 1.165) is 29.8 Å². The lowest BCUT2D eigenvalue weighted by Gasteiger charge is -2.38. The Labute approximate surface area is 151 Å². The maximum atomic E-state index is 11.3. The SMILES string of the molecule is Cc1nc(N2CCCC(O)(c3cn(C(C)C)nn3)C2)c2cnn(C)c2n1. The van der Waals surface area contributed by atoms with Crippen molar-refractivity contribution < 1.29 is 5.11 Å². The first-order valence-electron chi connectivity index (χ1n) is 8.93. The van der Waals surface area contributed by atoms with E-state index in [0.29, 0.717) is 24.5 Å². The third-order valence-electron chi connectivity index (χ3n) is 4.97. The summed E-state index contributed by atoms with van der Waals surface area (Å²) in [7, 11) is 1.87. The average Bonchev–Trinajstić information content (AvgIpc) is 3.23. The molecule has 0 radical (unpaired) electrons. The van der Waals surface area contributed by atoms with E-state index in [1.54, 1.807) is 15.6 Å². The lowest BCUT2D eigenvalue weighted by Crippen LogP contribution is -2.47. The maximum absolute atomic E-state index is 11.3. The highest BCUT2D eigenvalue weighted by atomic mass is 16.3. The van der Waals surface area contributed by atoms with Crippen LogP contribution in [-0.2, 0) is 12.6 Å². The summed E-state index contributed by atoms with van der Waals surface area (Å²) >= 11 is 0. The van der Waals surface area contributed by atoms with Crippen molar-refractivity contribution in [2.24, 2.45) is 7.05 Å². The van der Waals surface area contributed by atoms with Crippen molar-refractivity contribution in [3.8, 4) is 0 Å². The second kappa shape index (κ2) is 6.01. The third kappa shape index (κ3) is 2.72. The van der Waals surface area contributed by atoms with Gasteiger partial charge in [-0.2, -0.15) is 5.10 Å². The van der Waals surface area contributed by atoms with Gasteiger partial charge in [0.2, 0.25) is 0 Å². The van der Waals surface area contributed by atoms with Crippen LogP contribution in [0.4, 0.5) is 5.82 Å². The molecular formula is C17H24N8O. The molecule has 1 N–H and O–H groups in total. The van der Waals surface area contributed by atoms with Crippen LogP contribution in [0.1, 0.15) is 44.2 Å². The molecule has 138 valence electrons. The number of hydrogen-bond acceptors (Lipinski definition) is 7. The maximum Gasteiger partial charge on any atom is 0.163 e. The van der Waals surface area contributed by atoms with Gasteiger partial charge in [0.25, 0.3) is 0 Å². The first kappa shape index (κ1) is 16.9. The standard InChI is InChI=1S/C17H24N8O/c1-11(2)25-9-14(21-22-25)17(26)6-5-7-24(10-17)16-13-8-18-23(4)15(13)19-12(3)20-16/h8-9,11,26H,5-7,10H2,1-4H3. The topological polar surface area (TPSA) is 97.8 Å². The molecule has 26 heavy (non-hydrogen) atoms. The van der Waals surface area contributed by atoms with E-state index < -0.39 is 5.60 Å². The second-order valence-corrected chi connectivity index (χ2v) is 7.33. The zero-order valence-electron chi connectivity index (χ0n) is 15.6. The molecular weight excluding hydrogens is 332 g/mol. The molecule has 0 aliphatic carbocycles. The van der Waals surface area contributed by atoms with Crippen molar-refractivity contribution >= 4 is 16.9 Å². The molecule has 9 heteroatoms. The van der Waals surface area contributed by atoms with Crippen LogP contribution in [-0.4, -0.2) is 52.9 Å². The first-order valence-corrected chi connectivity index (χ1v) is 8.93. The van der Waals surface area contributed by atoms with Gasteiger partial charge in [0.15, 0.2) is 5.65 Å². The van der Waals surface area contributed by atoms with Gasteiger partial charge in [-0.1, -0.05) is 5.21 Å². The number of aryl methyl sites for hydroxylation is 2. The van der Waals surface area contributed by atoms with Gasteiger partial charge in [-0.25, -0.2) is 14.6 Å². The molecule has 0 saturated carbocycles. The summed E-state index contributed by atoms with van der Waals surface area (Å²) in [5.41, 5.74) is 0.371. The zero-order valence-corrected chi connectivity index (χ0v) is 15.6. The quantitative estimate of drug-likeness (QED) is 0.756. The Hall–Kier alpha value is -2.55. The molecule has 3 aromatic rings. The van der Waals surface area contributed by atoms with E-state index in [4.69, 9.17) is 0 Å². The van der Waals surface area contributed by atoms with Gasteiger partial charge in [0.05, 0.1) is 24.3 Å². The van der Waals surface area contributed by atoms with Gasteiger partial charge in [-0.15, -0.1) is 5.10 Å². The van der Waals surface area contributed by atoms with Crippen LogP contribution in [0.3, 0.4) is 0 Å². The number of aliphatic hydroxyl groups is 1. The van der Waals surface area contributed by atoms with E-state index in [-0.39, 0.29) is 6.04 Å². The van der Waals surface area contributed by atoms with Crippen molar-refractivity contribution in [1.82, 2.24) is 34.7 Å². The molecule has 1 unspecified atom stereocenters. The highest BCUT2D eigenvalue weighted by Crippen LogP contribution is 2.34. The van der Waals surface area contributed by atoms with E-state index in [2.05, 4.69) is 30.3 Å². The largest absolute Gasteiger partial charge is 0.382 e. The number of β-amino-alcohol motifs (C(OH)–C–C–N with tert-alkyl or cyclic N) is 1. The number of rotatable bonds is 3. The summed E-state index contributed by atoms with van der Waals surface area (Å²) in [6.45, 7) is 7.20. The van der Waals surface area contributed by atoms with Crippen LogP contribution in [0.25, 0.3) is 11.0 Å².